The van der Waals surface area contributed by atoms with Gasteiger partial charge in [-0.25, -0.2) is 14.0 Å². The highest BCUT2D eigenvalue weighted by Crippen LogP contribution is 2.24. The van der Waals surface area contributed by atoms with E-state index in [1.54, 1.807) is 6.92 Å². The van der Waals surface area contributed by atoms with Crippen molar-refractivity contribution in [2.24, 2.45) is 0 Å². The van der Waals surface area contributed by atoms with Crippen molar-refractivity contribution in [2.45, 2.75) is 6.92 Å². The molecule has 0 aliphatic rings. The zero-order valence-corrected chi connectivity index (χ0v) is 11.3. The molecule has 0 unspecified atom stereocenters. The molecule has 0 heterocycles. The fourth-order valence-corrected chi connectivity index (χ4v) is 1.48. The Labute approximate surface area is 119 Å². The van der Waals surface area contributed by atoms with E-state index in [0.717, 1.165) is 25.3 Å². The number of methoxy groups -OCH3 is 1. The minimum Gasteiger partial charge on any atom is -0.465 e. The third-order valence-corrected chi connectivity index (χ3v) is 2.40. The van der Waals surface area contributed by atoms with Crippen molar-refractivity contribution >= 4 is 23.7 Å². The average Bonchev–Trinajstić information content (AvgIpc) is 2.44. The van der Waals surface area contributed by atoms with E-state index in [2.05, 4.69) is 9.47 Å². The molecule has 0 spiro atoms. The number of hydrogen-bond acceptors (Lipinski definition) is 6. The molecule has 112 valence electrons. The lowest BCUT2D eigenvalue weighted by Crippen LogP contribution is -2.07. The normalized spacial score (nSPS) is 10.4. The molecule has 0 radical (unpaired) electrons. The van der Waals surface area contributed by atoms with Crippen LogP contribution in [0.25, 0.3) is 6.08 Å². The monoisotopic (exact) mass is 297 g/mol. The Morgan fingerprint density at radius 2 is 2.10 bits per heavy atom. The smallest absolute Gasteiger partial charge is 0.344 e. The van der Waals surface area contributed by atoms with Crippen molar-refractivity contribution in [1.29, 1.82) is 0 Å². The van der Waals surface area contributed by atoms with Gasteiger partial charge < -0.3 is 9.47 Å². The first-order valence-electron chi connectivity index (χ1n) is 5.81. The molecule has 1 rings (SSSR count). The van der Waals surface area contributed by atoms with Crippen LogP contribution in [0.1, 0.15) is 22.8 Å². The van der Waals surface area contributed by atoms with Gasteiger partial charge in [-0.15, -0.1) is 0 Å². The van der Waals surface area contributed by atoms with Gasteiger partial charge >= 0.3 is 11.9 Å². The standard InChI is InChI=1S/C13H12FNO6/c1-3-21-12(16)5-4-8-6-11(15(18)19)9(7-10(8)14)13(17)20-2/h4-7H,3H2,1-2H3. The third-order valence-electron chi connectivity index (χ3n) is 2.40. The Kier molecular flexibility index (Phi) is 5.53. The lowest BCUT2D eigenvalue weighted by atomic mass is 10.1. The maximum absolute atomic E-state index is 13.8. The molecule has 0 saturated heterocycles. The molecular weight excluding hydrogens is 285 g/mol. The van der Waals surface area contributed by atoms with E-state index in [-0.39, 0.29) is 12.2 Å². The Hall–Kier alpha value is -2.77. The van der Waals surface area contributed by atoms with E-state index < -0.39 is 33.9 Å². The van der Waals surface area contributed by atoms with Crippen LogP contribution in [0, 0.1) is 15.9 Å². The van der Waals surface area contributed by atoms with Gasteiger partial charge in [0.15, 0.2) is 0 Å². The molecule has 0 aromatic heterocycles. The zero-order chi connectivity index (χ0) is 16.0. The molecule has 0 N–H and O–H groups in total. The molecule has 0 fully saturated rings. The summed E-state index contributed by atoms with van der Waals surface area (Å²) >= 11 is 0. The molecule has 7 nitrogen and oxygen atoms in total. The van der Waals surface area contributed by atoms with Crippen LogP contribution in [0.4, 0.5) is 10.1 Å². The Balaban J connectivity index is 3.25. The Bertz CT molecular complexity index is 611. The maximum atomic E-state index is 13.8. The highest BCUT2D eigenvalue weighted by molar-refractivity contribution is 5.94. The van der Waals surface area contributed by atoms with Crippen LogP contribution >= 0.6 is 0 Å². The summed E-state index contributed by atoms with van der Waals surface area (Å²) < 4.78 is 22.7. The van der Waals surface area contributed by atoms with Gasteiger partial charge in [0, 0.05) is 17.7 Å². The van der Waals surface area contributed by atoms with Crippen molar-refractivity contribution in [3.05, 3.63) is 45.3 Å². The molecule has 0 aliphatic carbocycles. The number of benzene rings is 1. The summed E-state index contributed by atoms with van der Waals surface area (Å²) in [6.07, 6.45) is 1.96. The van der Waals surface area contributed by atoms with Gasteiger partial charge in [-0.1, -0.05) is 0 Å². The molecule has 1 aromatic rings. The first-order chi connectivity index (χ1) is 9.90. The van der Waals surface area contributed by atoms with Crippen LogP contribution in [-0.2, 0) is 14.3 Å². The van der Waals surface area contributed by atoms with E-state index >= 15 is 0 Å². The molecule has 8 heteroatoms. The number of carbonyl (C=O) groups is 2. The quantitative estimate of drug-likeness (QED) is 0.357. The van der Waals surface area contributed by atoms with Gasteiger partial charge in [0.25, 0.3) is 5.69 Å². The predicted molar refractivity (Wildman–Crippen MR) is 70.1 cm³/mol. The summed E-state index contributed by atoms with van der Waals surface area (Å²) in [4.78, 5) is 32.6. The summed E-state index contributed by atoms with van der Waals surface area (Å²) in [5.41, 5.74) is -1.34. The summed E-state index contributed by atoms with van der Waals surface area (Å²) in [6.45, 7) is 1.75. The van der Waals surface area contributed by atoms with Gasteiger partial charge in [-0.05, 0) is 19.1 Å². The second-order valence-corrected chi connectivity index (χ2v) is 3.72. The molecule has 0 bridgehead atoms. The van der Waals surface area contributed by atoms with Gasteiger partial charge in [0.2, 0.25) is 0 Å². The molecule has 0 atom stereocenters. The molecule has 0 aliphatic heterocycles. The molecule has 21 heavy (non-hydrogen) atoms. The Morgan fingerprint density at radius 3 is 2.62 bits per heavy atom. The van der Waals surface area contributed by atoms with Gasteiger partial charge in [0.1, 0.15) is 11.4 Å². The van der Waals surface area contributed by atoms with Crippen molar-refractivity contribution in [2.75, 3.05) is 13.7 Å². The van der Waals surface area contributed by atoms with Crippen LogP contribution in [0.2, 0.25) is 0 Å². The summed E-state index contributed by atoms with van der Waals surface area (Å²) in [5.74, 6) is -2.64. The average molecular weight is 297 g/mol. The molecule has 0 amide bonds. The molecule has 0 saturated carbocycles. The maximum Gasteiger partial charge on any atom is 0.344 e. The third kappa shape index (κ3) is 4.10. The molecule has 1 aromatic carbocycles. The number of hydrogen-bond donors (Lipinski definition) is 0. The lowest BCUT2D eigenvalue weighted by Gasteiger charge is -2.04. The Morgan fingerprint density at radius 1 is 1.43 bits per heavy atom. The van der Waals surface area contributed by atoms with Crippen LogP contribution in [0.15, 0.2) is 18.2 Å². The van der Waals surface area contributed by atoms with E-state index in [1.807, 2.05) is 0 Å². The predicted octanol–water partition coefficient (Wildman–Crippen LogP) is 2.10. The molecular formula is C13H12FNO6. The summed E-state index contributed by atoms with van der Waals surface area (Å²) in [6, 6.07) is 1.53. The van der Waals surface area contributed by atoms with Gasteiger partial charge in [-0.2, -0.15) is 0 Å². The fraction of sp³-hybridized carbons (Fsp3) is 0.231. The summed E-state index contributed by atoms with van der Waals surface area (Å²) in [7, 11) is 1.03. The lowest BCUT2D eigenvalue weighted by molar-refractivity contribution is -0.385. The number of nitrogens with zero attached hydrogens (tertiary/aromatic N) is 1. The minimum atomic E-state index is -1.03. The number of esters is 2. The SMILES string of the molecule is CCOC(=O)C=Cc1cc([N+](=O)[O-])c(C(=O)OC)cc1F. The van der Waals surface area contributed by atoms with Crippen LogP contribution in [-0.4, -0.2) is 30.6 Å². The number of carbonyl (C=O) groups excluding carboxylic acids is 2. The first kappa shape index (κ1) is 16.3. The van der Waals surface area contributed by atoms with Gasteiger partial charge in [-0.3, -0.25) is 10.1 Å². The van der Waals surface area contributed by atoms with Crippen LogP contribution in [0.3, 0.4) is 0 Å². The van der Waals surface area contributed by atoms with E-state index in [0.29, 0.717) is 6.07 Å². The van der Waals surface area contributed by atoms with E-state index in [4.69, 9.17) is 0 Å². The van der Waals surface area contributed by atoms with E-state index in [9.17, 15) is 24.1 Å². The van der Waals surface area contributed by atoms with E-state index in [1.165, 1.54) is 0 Å². The second kappa shape index (κ2) is 7.13. The topological polar surface area (TPSA) is 95.7 Å². The van der Waals surface area contributed by atoms with Crippen molar-refractivity contribution in [3.63, 3.8) is 0 Å². The fourth-order valence-electron chi connectivity index (χ4n) is 1.48. The number of nitro benzene ring substituents is 1. The van der Waals surface area contributed by atoms with Gasteiger partial charge in [0.05, 0.1) is 18.6 Å². The number of rotatable bonds is 5. The number of ether oxygens (including phenoxy) is 2. The van der Waals surface area contributed by atoms with Crippen LogP contribution < -0.4 is 0 Å². The first-order valence-corrected chi connectivity index (χ1v) is 5.81. The minimum absolute atomic E-state index is 0.146. The van der Waals surface area contributed by atoms with Crippen molar-refractivity contribution in [1.82, 2.24) is 0 Å². The van der Waals surface area contributed by atoms with Crippen molar-refractivity contribution in [3.8, 4) is 0 Å². The highest BCUT2D eigenvalue weighted by atomic mass is 19.1. The largest absolute Gasteiger partial charge is 0.465 e. The van der Waals surface area contributed by atoms with Crippen molar-refractivity contribution < 1.29 is 28.4 Å². The highest BCUT2D eigenvalue weighted by Gasteiger charge is 2.23. The number of nitro groups is 1. The number of halogens is 1. The summed E-state index contributed by atoms with van der Waals surface area (Å²) in [5, 5.41) is 10.9. The zero-order valence-electron chi connectivity index (χ0n) is 11.3. The second-order valence-electron chi connectivity index (χ2n) is 3.72. The van der Waals surface area contributed by atoms with Crippen LogP contribution in [0.5, 0.6) is 0 Å².